The van der Waals surface area contributed by atoms with Crippen molar-refractivity contribution >= 4 is 17.9 Å². The van der Waals surface area contributed by atoms with E-state index in [1.165, 1.54) is 0 Å². The van der Waals surface area contributed by atoms with Gasteiger partial charge in [0.1, 0.15) is 37.1 Å². The van der Waals surface area contributed by atoms with Gasteiger partial charge >= 0.3 is 17.9 Å². The lowest BCUT2D eigenvalue weighted by Gasteiger charge is -2.38. The lowest BCUT2D eigenvalue weighted by Crippen LogP contribution is -2.44. The van der Waals surface area contributed by atoms with Gasteiger partial charge in [0, 0.05) is 17.9 Å². The molecule has 0 spiro atoms. The van der Waals surface area contributed by atoms with Crippen molar-refractivity contribution in [1.29, 1.82) is 0 Å². The number of hydrogen-bond donors (Lipinski definition) is 0. The van der Waals surface area contributed by atoms with Crippen molar-refractivity contribution in [3.05, 3.63) is 102 Å². The molecule has 0 radical (unpaired) electrons. The number of rotatable bonds is 20. The second-order valence-electron chi connectivity index (χ2n) is 11.4. The minimum absolute atomic E-state index is 0.0296. The molecule has 0 amide bonds. The molecule has 0 aromatic heterocycles. The van der Waals surface area contributed by atoms with Crippen LogP contribution in [0.1, 0.15) is 53.0 Å². The summed E-state index contributed by atoms with van der Waals surface area (Å²) in [6, 6.07) is 20.3. The fourth-order valence-corrected chi connectivity index (χ4v) is 4.37. The summed E-state index contributed by atoms with van der Waals surface area (Å²) in [5.41, 5.74) is 1.61. The number of hydrogen-bond acceptors (Lipinski definition) is 11. The van der Waals surface area contributed by atoms with Crippen molar-refractivity contribution < 1.29 is 52.3 Å². The van der Waals surface area contributed by atoms with Crippen molar-refractivity contribution in [1.82, 2.24) is 0 Å². The van der Waals surface area contributed by atoms with E-state index in [2.05, 4.69) is 13.5 Å². The zero-order valence-corrected chi connectivity index (χ0v) is 27.4. The third-order valence-corrected chi connectivity index (χ3v) is 7.14. The highest BCUT2D eigenvalue weighted by Crippen LogP contribution is 2.28. The zero-order chi connectivity index (χ0) is 34.2. The highest BCUT2D eigenvalue weighted by Gasteiger charge is 2.35. The summed E-state index contributed by atoms with van der Waals surface area (Å²) in [5.74, 6) is 0.105. The second-order valence-corrected chi connectivity index (χ2v) is 11.4. The van der Waals surface area contributed by atoms with E-state index in [0.717, 1.165) is 18.1 Å². The van der Waals surface area contributed by atoms with E-state index in [0.29, 0.717) is 67.8 Å². The van der Waals surface area contributed by atoms with Crippen LogP contribution in [0.2, 0.25) is 0 Å². The molecule has 3 aromatic rings. The Morgan fingerprint density at radius 1 is 0.812 bits per heavy atom. The lowest BCUT2D eigenvalue weighted by atomic mass is 9.90. The molecule has 0 aliphatic carbocycles. The molecule has 1 unspecified atom stereocenters. The standard InChI is InChI=1S/C37H42O11/c1-4-6-34(46-26-37(3)24-42-25-37)48-36(40)29-11-17-31(18-12-29)45-23-27-7-13-32(14-8-27)47-35(39)28-9-15-30(16-10-28)43-21-19-41-20-22-44-33(38)5-2/h5,7-18,34H,2,4,6,19-26H2,1,3H3. The van der Waals surface area contributed by atoms with Gasteiger partial charge in [-0.25, -0.2) is 14.4 Å². The van der Waals surface area contributed by atoms with Gasteiger partial charge in [-0.15, -0.1) is 0 Å². The van der Waals surface area contributed by atoms with Crippen LogP contribution in [-0.4, -0.2) is 70.4 Å². The molecule has 11 heteroatoms. The monoisotopic (exact) mass is 662 g/mol. The van der Waals surface area contributed by atoms with Crippen molar-refractivity contribution in [3.63, 3.8) is 0 Å². The Bertz CT molecular complexity index is 1460. The van der Waals surface area contributed by atoms with E-state index >= 15 is 0 Å². The Morgan fingerprint density at radius 2 is 1.42 bits per heavy atom. The Labute approximate surface area is 280 Å². The summed E-state index contributed by atoms with van der Waals surface area (Å²) in [5, 5.41) is 0. The molecule has 48 heavy (non-hydrogen) atoms. The molecule has 1 atom stereocenters. The minimum Gasteiger partial charge on any atom is -0.491 e. The van der Waals surface area contributed by atoms with Crippen LogP contribution in [0.15, 0.2) is 85.5 Å². The number of ether oxygens (including phenoxy) is 8. The maximum atomic E-state index is 12.7. The summed E-state index contributed by atoms with van der Waals surface area (Å²) in [6.07, 6.45) is 1.92. The summed E-state index contributed by atoms with van der Waals surface area (Å²) >= 11 is 0. The largest absolute Gasteiger partial charge is 0.491 e. The highest BCUT2D eigenvalue weighted by atomic mass is 16.7. The number of esters is 3. The maximum Gasteiger partial charge on any atom is 0.343 e. The van der Waals surface area contributed by atoms with Gasteiger partial charge in [0.15, 0.2) is 0 Å². The molecule has 1 heterocycles. The van der Waals surface area contributed by atoms with Crippen LogP contribution in [0.25, 0.3) is 0 Å². The van der Waals surface area contributed by atoms with Crippen LogP contribution >= 0.6 is 0 Å². The third kappa shape index (κ3) is 11.8. The topological polar surface area (TPSA) is 125 Å². The van der Waals surface area contributed by atoms with Crippen molar-refractivity contribution in [2.24, 2.45) is 5.41 Å². The molecule has 256 valence electrons. The Kier molecular flexibility index (Phi) is 14.0. The van der Waals surface area contributed by atoms with Crippen LogP contribution in [0, 0.1) is 5.41 Å². The van der Waals surface area contributed by atoms with E-state index in [4.69, 9.17) is 37.9 Å². The normalized spacial score (nSPS) is 13.8. The molecular weight excluding hydrogens is 620 g/mol. The summed E-state index contributed by atoms with van der Waals surface area (Å²) < 4.78 is 43.9. The zero-order valence-electron chi connectivity index (χ0n) is 27.4. The van der Waals surface area contributed by atoms with Gasteiger partial charge in [-0.2, -0.15) is 0 Å². The van der Waals surface area contributed by atoms with Gasteiger partial charge in [0.2, 0.25) is 6.29 Å². The SMILES string of the molecule is C=CC(=O)OCCOCCOc1ccc(C(=O)Oc2ccc(COc3ccc(C(=O)OC(CCC)OCC4(C)COC4)cc3)cc2)cc1. The van der Waals surface area contributed by atoms with Crippen LogP contribution in [0.5, 0.6) is 17.2 Å². The van der Waals surface area contributed by atoms with Gasteiger partial charge in [-0.05, 0) is 66.2 Å². The number of benzene rings is 3. The predicted molar refractivity (Wildman–Crippen MR) is 175 cm³/mol. The first-order chi connectivity index (χ1) is 23.3. The minimum atomic E-state index is -0.606. The fourth-order valence-electron chi connectivity index (χ4n) is 4.37. The molecule has 4 rings (SSSR count). The lowest BCUT2D eigenvalue weighted by molar-refractivity contribution is -0.187. The van der Waals surface area contributed by atoms with Crippen molar-refractivity contribution in [3.8, 4) is 17.2 Å². The quantitative estimate of drug-likeness (QED) is 0.0469. The van der Waals surface area contributed by atoms with E-state index in [9.17, 15) is 14.4 Å². The van der Waals surface area contributed by atoms with E-state index in [1.807, 2.05) is 6.92 Å². The number of carbonyl (C=O) groups is 3. The second kappa shape index (κ2) is 18.6. The Hall–Kier alpha value is -4.71. The maximum absolute atomic E-state index is 12.7. The first-order valence-corrected chi connectivity index (χ1v) is 15.8. The molecular formula is C37H42O11. The van der Waals surface area contributed by atoms with Gasteiger partial charge in [-0.3, -0.25) is 0 Å². The average molecular weight is 663 g/mol. The molecule has 3 aromatic carbocycles. The van der Waals surface area contributed by atoms with Gasteiger partial charge in [0.05, 0.1) is 44.2 Å². The fraction of sp³-hybridized carbons (Fsp3) is 0.378. The molecule has 1 aliphatic rings. The van der Waals surface area contributed by atoms with E-state index in [-0.39, 0.29) is 25.2 Å². The smallest absolute Gasteiger partial charge is 0.343 e. The molecule has 0 bridgehead atoms. The Balaban J connectivity index is 1.15. The van der Waals surface area contributed by atoms with Crippen LogP contribution in [0.3, 0.4) is 0 Å². The van der Waals surface area contributed by atoms with Crippen LogP contribution in [0.4, 0.5) is 0 Å². The summed E-state index contributed by atoms with van der Waals surface area (Å²) in [7, 11) is 0. The molecule has 0 N–H and O–H groups in total. The Morgan fingerprint density at radius 3 is 2.02 bits per heavy atom. The predicted octanol–water partition coefficient (Wildman–Crippen LogP) is 5.95. The van der Waals surface area contributed by atoms with E-state index < -0.39 is 24.2 Å². The highest BCUT2D eigenvalue weighted by molar-refractivity contribution is 5.91. The average Bonchev–Trinajstić information content (AvgIpc) is 3.09. The van der Waals surface area contributed by atoms with E-state index in [1.54, 1.807) is 72.8 Å². The first-order valence-electron chi connectivity index (χ1n) is 15.8. The first kappa shape index (κ1) is 36.1. The van der Waals surface area contributed by atoms with Crippen LogP contribution in [-0.2, 0) is 35.1 Å². The third-order valence-electron chi connectivity index (χ3n) is 7.14. The van der Waals surface area contributed by atoms with Gasteiger partial charge in [-0.1, -0.05) is 39.0 Å². The summed E-state index contributed by atoms with van der Waals surface area (Å²) in [4.78, 5) is 36.3. The molecule has 1 saturated heterocycles. The van der Waals surface area contributed by atoms with Crippen molar-refractivity contribution in [2.75, 3.05) is 46.2 Å². The molecule has 11 nitrogen and oxygen atoms in total. The molecule has 0 saturated carbocycles. The van der Waals surface area contributed by atoms with Gasteiger partial charge in [0.25, 0.3) is 0 Å². The van der Waals surface area contributed by atoms with Crippen LogP contribution < -0.4 is 14.2 Å². The summed E-state index contributed by atoms with van der Waals surface area (Å²) in [6.45, 7) is 10.5. The molecule has 1 aliphatic heterocycles. The van der Waals surface area contributed by atoms with Gasteiger partial charge < -0.3 is 37.9 Å². The molecule has 1 fully saturated rings. The van der Waals surface area contributed by atoms with Crippen molar-refractivity contribution in [2.45, 2.75) is 39.6 Å². The number of carbonyl (C=O) groups excluding carboxylic acids is 3.